The van der Waals surface area contributed by atoms with Crippen molar-refractivity contribution in [2.75, 3.05) is 39.3 Å². The van der Waals surface area contributed by atoms with Gasteiger partial charge in [0.2, 0.25) is 10.0 Å². The van der Waals surface area contributed by atoms with E-state index in [9.17, 15) is 22.4 Å². The molecule has 1 fully saturated rings. The zero-order chi connectivity index (χ0) is 24.3. The molecule has 0 atom stereocenters. The molecule has 178 valence electrons. The van der Waals surface area contributed by atoms with Crippen molar-refractivity contribution < 1.29 is 22.4 Å². The lowest BCUT2D eigenvalue weighted by molar-refractivity contribution is 0.0532. The molecule has 2 aromatic rings. The Bertz CT molecular complexity index is 1160. The van der Waals surface area contributed by atoms with Gasteiger partial charge in [0.15, 0.2) is 0 Å². The highest BCUT2D eigenvalue weighted by molar-refractivity contribution is 7.89. The van der Waals surface area contributed by atoms with E-state index in [-0.39, 0.29) is 47.6 Å². The van der Waals surface area contributed by atoms with E-state index in [1.54, 1.807) is 31.7 Å². The quantitative estimate of drug-likeness (QED) is 0.615. The number of nitrogens with zero attached hydrogens (tertiary/aromatic N) is 3. The van der Waals surface area contributed by atoms with E-state index >= 15 is 0 Å². The Morgan fingerprint density at radius 1 is 0.939 bits per heavy atom. The van der Waals surface area contributed by atoms with Crippen molar-refractivity contribution >= 4 is 33.4 Å². The smallest absolute Gasteiger partial charge is 0.257 e. The Hall–Kier alpha value is -2.49. The highest BCUT2D eigenvalue weighted by atomic mass is 35.5. The van der Waals surface area contributed by atoms with Crippen LogP contribution in [-0.2, 0) is 10.0 Å². The Balaban J connectivity index is 1.76. The summed E-state index contributed by atoms with van der Waals surface area (Å²) < 4.78 is 41.2. The molecule has 0 spiro atoms. The first-order valence-corrected chi connectivity index (χ1v) is 12.6. The topological polar surface area (TPSA) is 78.0 Å². The molecule has 0 saturated carbocycles. The normalized spacial score (nSPS) is 14.6. The van der Waals surface area contributed by atoms with Gasteiger partial charge in [-0.15, -0.1) is 0 Å². The van der Waals surface area contributed by atoms with Crippen LogP contribution in [0.3, 0.4) is 0 Å². The number of rotatable bonds is 6. The number of hydrogen-bond donors (Lipinski definition) is 0. The molecule has 2 aromatic carbocycles. The van der Waals surface area contributed by atoms with Gasteiger partial charge in [-0.2, -0.15) is 4.31 Å². The second kappa shape index (κ2) is 10.2. The lowest BCUT2D eigenvalue weighted by Gasteiger charge is -2.35. The monoisotopic (exact) mass is 495 g/mol. The number of amides is 2. The van der Waals surface area contributed by atoms with Crippen molar-refractivity contribution in [1.29, 1.82) is 0 Å². The van der Waals surface area contributed by atoms with Crippen LogP contribution in [0.15, 0.2) is 41.3 Å². The molecule has 10 heteroatoms. The van der Waals surface area contributed by atoms with Crippen LogP contribution in [0.25, 0.3) is 0 Å². The summed E-state index contributed by atoms with van der Waals surface area (Å²) in [5.41, 5.74) is 0.870. The molecule has 1 heterocycles. The predicted octanol–water partition coefficient (Wildman–Crippen LogP) is 3.42. The maximum Gasteiger partial charge on any atom is 0.257 e. The van der Waals surface area contributed by atoms with Crippen molar-refractivity contribution in [3.8, 4) is 0 Å². The van der Waals surface area contributed by atoms with Gasteiger partial charge in [-0.05, 0) is 42.8 Å². The number of halogens is 2. The largest absolute Gasteiger partial charge is 0.335 e. The van der Waals surface area contributed by atoms with Crippen LogP contribution in [0, 0.1) is 12.7 Å². The number of benzene rings is 2. The first-order chi connectivity index (χ1) is 15.6. The third-order valence-electron chi connectivity index (χ3n) is 5.80. The van der Waals surface area contributed by atoms with Gasteiger partial charge in [-0.3, -0.25) is 9.59 Å². The minimum absolute atomic E-state index is 0.0744. The van der Waals surface area contributed by atoms with Crippen LogP contribution >= 0.6 is 11.6 Å². The molecule has 2 amide bonds. The average Bonchev–Trinajstić information content (AvgIpc) is 2.80. The molecule has 3 rings (SSSR count). The molecule has 33 heavy (non-hydrogen) atoms. The van der Waals surface area contributed by atoms with Crippen LogP contribution in [0.2, 0.25) is 5.02 Å². The lowest BCUT2D eigenvalue weighted by Crippen LogP contribution is -2.50. The summed E-state index contributed by atoms with van der Waals surface area (Å²) in [6.07, 6.45) is 0. The third kappa shape index (κ3) is 5.20. The first-order valence-electron chi connectivity index (χ1n) is 10.7. The van der Waals surface area contributed by atoms with E-state index in [1.165, 1.54) is 33.5 Å². The highest BCUT2D eigenvalue weighted by Gasteiger charge is 2.29. The van der Waals surface area contributed by atoms with Gasteiger partial charge < -0.3 is 9.80 Å². The SMILES string of the molecule is CCN(CC)S(=O)(=O)c1ccc(C)c(C(=O)N2CCN(C(=O)c3cc(Cl)ccc3F)CC2)c1. The lowest BCUT2D eigenvalue weighted by atomic mass is 10.1. The van der Waals surface area contributed by atoms with Crippen LogP contribution in [0.5, 0.6) is 0 Å². The van der Waals surface area contributed by atoms with E-state index in [2.05, 4.69) is 0 Å². The molecule has 0 aromatic heterocycles. The van der Waals surface area contributed by atoms with Gasteiger partial charge in [0, 0.05) is 49.9 Å². The summed E-state index contributed by atoms with van der Waals surface area (Å²) in [5.74, 6) is -1.43. The number of sulfonamides is 1. The molecule has 7 nitrogen and oxygen atoms in total. The van der Waals surface area contributed by atoms with E-state index in [1.807, 2.05) is 0 Å². The Morgan fingerprint density at radius 3 is 2.03 bits per heavy atom. The Labute approximate surface area is 198 Å². The van der Waals surface area contributed by atoms with Crippen molar-refractivity contribution in [2.45, 2.75) is 25.7 Å². The van der Waals surface area contributed by atoms with Crippen molar-refractivity contribution in [3.63, 3.8) is 0 Å². The fourth-order valence-electron chi connectivity index (χ4n) is 3.82. The third-order valence-corrected chi connectivity index (χ3v) is 8.08. The van der Waals surface area contributed by atoms with Crippen LogP contribution in [0.4, 0.5) is 4.39 Å². The maximum absolute atomic E-state index is 14.1. The fraction of sp³-hybridized carbons (Fsp3) is 0.391. The molecule has 0 bridgehead atoms. The first kappa shape index (κ1) is 25.1. The second-order valence-electron chi connectivity index (χ2n) is 7.77. The Kier molecular flexibility index (Phi) is 7.76. The van der Waals surface area contributed by atoms with Crippen LogP contribution < -0.4 is 0 Å². The zero-order valence-electron chi connectivity index (χ0n) is 18.8. The molecule has 1 saturated heterocycles. The number of hydrogen-bond acceptors (Lipinski definition) is 4. The van der Waals surface area contributed by atoms with E-state index in [0.717, 1.165) is 6.07 Å². The van der Waals surface area contributed by atoms with Crippen molar-refractivity contribution in [3.05, 3.63) is 63.9 Å². The van der Waals surface area contributed by atoms with Crippen molar-refractivity contribution in [1.82, 2.24) is 14.1 Å². The van der Waals surface area contributed by atoms with E-state index in [0.29, 0.717) is 24.2 Å². The highest BCUT2D eigenvalue weighted by Crippen LogP contribution is 2.22. The molecule has 0 aliphatic carbocycles. The molecule has 0 unspecified atom stereocenters. The van der Waals surface area contributed by atoms with Crippen LogP contribution in [0.1, 0.15) is 40.1 Å². The second-order valence-corrected chi connectivity index (χ2v) is 10.1. The number of piperazine rings is 1. The summed E-state index contributed by atoms with van der Waals surface area (Å²) in [7, 11) is -3.70. The van der Waals surface area contributed by atoms with Gasteiger partial charge >= 0.3 is 0 Å². The van der Waals surface area contributed by atoms with E-state index in [4.69, 9.17) is 11.6 Å². The fourth-order valence-corrected chi connectivity index (χ4v) is 5.48. The molecule has 1 aliphatic heterocycles. The molecule has 0 N–H and O–H groups in total. The number of carbonyl (C=O) groups is 2. The molecular formula is C23H27ClFN3O4S. The van der Waals surface area contributed by atoms with Gasteiger partial charge in [-0.1, -0.05) is 31.5 Å². The molecular weight excluding hydrogens is 469 g/mol. The summed E-state index contributed by atoms with van der Waals surface area (Å²) in [4.78, 5) is 29.0. The maximum atomic E-state index is 14.1. The summed E-state index contributed by atoms with van der Waals surface area (Å²) >= 11 is 5.89. The molecule has 1 aliphatic rings. The Morgan fingerprint density at radius 2 is 1.48 bits per heavy atom. The minimum Gasteiger partial charge on any atom is -0.335 e. The van der Waals surface area contributed by atoms with Gasteiger partial charge in [-0.25, -0.2) is 12.8 Å². The zero-order valence-corrected chi connectivity index (χ0v) is 20.4. The standard InChI is InChI=1S/C23H27ClFN3O4S/c1-4-28(5-2)33(31,32)18-8-6-16(3)19(15-18)22(29)26-10-12-27(13-11-26)23(30)20-14-17(24)7-9-21(20)25/h6-9,14-15H,4-5,10-13H2,1-3H3. The summed E-state index contributed by atoms with van der Waals surface area (Å²) in [5, 5.41) is 0.267. The van der Waals surface area contributed by atoms with Gasteiger partial charge in [0.05, 0.1) is 10.5 Å². The van der Waals surface area contributed by atoms with Gasteiger partial charge in [0.25, 0.3) is 11.8 Å². The van der Waals surface area contributed by atoms with Crippen molar-refractivity contribution in [2.24, 2.45) is 0 Å². The number of carbonyl (C=O) groups excluding carboxylic acids is 2. The minimum atomic E-state index is -3.70. The average molecular weight is 496 g/mol. The van der Waals surface area contributed by atoms with Gasteiger partial charge in [0.1, 0.15) is 5.82 Å². The summed E-state index contributed by atoms with van der Waals surface area (Å²) in [6, 6.07) is 8.38. The summed E-state index contributed by atoms with van der Waals surface area (Å²) in [6.45, 7) is 6.90. The van der Waals surface area contributed by atoms with E-state index < -0.39 is 21.7 Å². The van der Waals surface area contributed by atoms with Crippen LogP contribution in [-0.4, -0.2) is 73.6 Å². The number of aryl methyl sites for hydroxylation is 1. The molecule has 0 radical (unpaired) electrons. The predicted molar refractivity (Wildman–Crippen MR) is 125 cm³/mol.